The molecule has 0 aromatic heterocycles. The summed E-state index contributed by atoms with van der Waals surface area (Å²) in [6.45, 7) is 0.291. The summed E-state index contributed by atoms with van der Waals surface area (Å²) in [5, 5.41) is 10.3. The molecule has 21 heavy (non-hydrogen) atoms. The van der Waals surface area contributed by atoms with E-state index in [1.165, 1.54) is 24.3 Å². The van der Waals surface area contributed by atoms with E-state index in [0.717, 1.165) is 6.08 Å². The monoisotopic (exact) mass is 369 g/mol. The van der Waals surface area contributed by atoms with Gasteiger partial charge in [0.15, 0.2) is 11.6 Å². The van der Waals surface area contributed by atoms with E-state index < -0.39 is 17.8 Å². The second-order valence-corrected chi connectivity index (χ2v) is 13.5. The molecule has 1 aromatic rings. The van der Waals surface area contributed by atoms with Gasteiger partial charge in [0, 0.05) is 0 Å². The van der Waals surface area contributed by atoms with Gasteiger partial charge in [0.2, 0.25) is 0 Å². The SMILES string of the molecule is O=C([O-])/C=C/c1ccc(F)c(OCCCC[Si](Cl)(Cl)Cl)c1. The Morgan fingerprint density at radius 3 is 2.67 bits per heavy atom. The Hall–Kier alpha value is -0.753. The van der Waals surface area contributed by atoms with Crippen molar-refractivity contribution in [3.8, 4) is 5.75 Å². The Bertz CT molecular complexity index is 518. The minimum absolute atomic E-state index is 0.0571. The zero-order valence-electron chi connectivity index (χ0n) is 11.0. The second kappa shape index (κ2) is 8.63. The minimum Gasteiger partial charge on any atom is -0.545 e. The van der Waals surface area contributed by atoms with Crippen molar-refractivity contribution in [2.45, 2.75) is 18.9 Å². The Labute approximate surface area is 137 Å². The van der Waals surface area contributed by atoms with Crippen molar-refractivity contribution < 1.29 is 19.0 Å². The molecular formula is C13H13Cl3FO3Si-. The van der Waals surface area contributed by atoms with Gasteiger partial charge in [-0.3, -0.25) is 0 Å². The van der Waals surface area contributed by atoms with Crippen LogP contribution in [0.3, 0.4) is 0 Å². The number of rotatable bonds is 8. The third-order valence-corrected chi connectivity index (χ3v) is 5.10. The Morgan fingerprint density at radius 2 is 2.05 bits per heavy atom. The summed E-state index contributed by atoms with van der Waals surface area (Å²) >= 11 is 17.2. The number of ether oxygens (including phenoxy) is 1. The molecule has 0 N–H and O–H groups in total. The molecule has 0 saturated heterocycles. The fourth-order valence-corrected chi connectivity index (χ4v) is 3.36. The summed E-state index contributed by atoms with van der Waals surface area (Å²) in [6, 6.07) is 1.98. The van der Waals surface area contributed by atoms with E-state index in [1.807, 2.05) is 0 Å². The van der Waals surface area contributed by atoms with E-state index in [9.17, 15) is 14.3 Å². The van der Waals surface area contributed by atoms with Crippen molar-refractivity contribution in [2.24, 2.45) is 0 Å². The Balaban J connectivity index is 2.50. The fourth-order valence-electron chi connectivity index (χ4n) is 1.51. The van der Waals surface area contributed by atoms with Gasteiger partial charge in [0.1, 0.15) is 0 Å². The highest BCUT2D eigenvalue weighted by Gasteiger charge is 2.23. The zero-order valence-corrected chi connectivity index (χ0v) is 14.2. The minimum atomic E-state index is -2.61. The number of aliphatic carboxylic acids is 1. The van der Waals surface area contributed by atoms with E-state index >= 15 is 0 Å². The number of carboxylic acids is 1. The predicted molar refractivity (Wildman–Crippen MR) is 83.3 cm³/mol. The van der Waals surface area contributed by atoms with Gasteiger partial charge in [0.05, 0.1) is 12.6 Å². The van der Waals surface area contributed by atoms with Crippen LogP contribution in [-0.2, 0) is 4.79 Å². The molecule has 0 unspecified atom stereocenters. The molecule has 8 heteroatoms. The average molecular weight is 371 g/mol. The van der Waals surface area contributed by atoms with Crippen molar-refractivity contribution >= 4 is 51.3 Å². The molecule has 0 saturated carbocycles. The maximum absolute atomic E-state index is 13.5. The van der Waals surface area contributed by atoms with Crippen LogP contribution in [0.1, 0.15) is 18.4 Å². The lowest BCUT2D eigenvalue weighted by atomic mass is 10.2. The van der Waals surface area contributed by atoms with Gasteiger partial charge in [-0.25, -0.2) is 4.39 Å². The molecule has 0 amide bonds. The van der Waals surface area contributed by atoms with Crippen LogP contribution in [0.4, 0.5) is 4.39 Å². The number of carboxylic acid groups (broad SMARTS) is 1. The van der Waals surface area contributed by atoms with Gasteiger partial charge in [-0.2, -0.15) is 0 Å². The highest BCUT2D eigenvalue weighted by Crippen LogP contribution is 2.27. The predicted octanol–water partition coefficient (Wildman–Crippen LogP) is 3.40. The van der Waals surface area contributed by atoms with Gasteiger partial charge in [-0.1, -0.05) is 12.1 Å². The van der Waals surface area contributed by atoms with E-state index in [2.05, 4.69) is 0 Å². The number of halogens is 4. The highest BCUT2D eigenvalue weighted by atomic mass is 35.8. The van der Waals surface area contributed by atoms with E-state index in [1.54, 1.807) is 0 Å². The van der Waals surface area contributed by atoms with Crippen molar-refractivity contribution in [3.05, 3.63) is 35.7 Å². The first-order valence-corrected chi connectivity index (χ1v) is 11.4. The molecule has 0 aliphatic rings. The lowest BCUT2D eigenvalue weighted by Crippen LogP contribution is -2.18. The number of benzene rings is 1. The van der Waals surface area contributed by atoms with E-state index in [0.29, 0.717) is 31.1 Å². The molecule has 3 nitrogen and oxygen atoms in total. The first-order chi connectivity index (χ1) is 9.78. The summed E-state index contributed by atoms with van der Waals surface area (Å²) in [6.07, 6.45) is 3.49. The summed E-state index contributed by atoms with van der Waals surface area (Å²) in [4.78, 5) is 10.3. The molecular weight excluding hydrogens is 358 g/mol. The lowest BCUT2D eigenvalue weighted by Gasteiger charge is -2.10. The standard InChI is InChI=1S/C13H14Cl3FO3Si/c14-21(15,16)8-2-1-7-20-12-9-10(3-5-11(12)17)4-6-13(18)19/h3-6,9H,1-2,7-8H2,(H,18,19)/p-1/b6-4+. The van der Waals surface area contributed by atoms with Crippen LogP contribution in [0.2, 0.25) is 6.04 Å². The van der Waals surface area contributed by atoms with Gasteiger partial charge < -0.3 is 14.6 Å². The van der Waals surface area contributed by atoms with Crippen molar-refractivity contribution in [2.75, 3.05) is 6.61 Å². The summed E-state index contributed by atoms with van der Waals surface area (Å²) < 4.78 is 18.8. The smallest absolute Gasteiger partial charge is 0.341 e. The van der Waals surface area contributed by atoms with Gasteiger partial charge in [-0.15, -0.1) is 33.2 Å². The van der Waals surface area contributed by atoms with Crippen LogP contribution in [0.15, 0.2) is 24.3 Å². The number of carbonyl (C=O) groups excluding carboxylic acids is 1. The van der Waals surface area contributed by atoms with Gasteiger partial charge in [-0.05, 0) is 42.7 Å². The first-order valence-electron chi connectivity index (χ1n) is 6.16. The second-order valence-electron chi connectivity index (χ2n) is 4.26. The maximum atomic E-state index is 13.5. The quantitative estimate of drug-likeness (QED) is 0.305. The zero-order chi connectivity index (χ0) is 15.9. The van der Waals surface area contributed by atoms with E-state index in [-0.39, 0.29) is 5.75 Å². The molecule has 0 aliphatic carbocycles. The largest absolute Gasteiger partial charge is 0.545 e. The number of carbonyl (C=O) groups is 1. The summed E-state index contributed by atoms with van der Waals surface area (Å²) in [5.74, 6) is -1.78. The molecule has 116 valence electrons. The average Bonchev–Trinajstić information content (AvgIpc) is 2.37. The van der Waals surface area contributed by atoms with Crippen LogP contribution >= 0.6 is 33.2 Å². The Morgan fingerprint density at radius 1 is 1.33 bits per heavy atom. The molecule has 0 bridgehead atoms. The number of hydrogen-bond acceptors (Lipinski definition) is 3. The third kappa shape index (κ3) is 8.31. The third-order valence-electron chi connectivity index (χ3n) is 2.48. The summed E-state index contributed by atoms with van der Waals surface area (Å²) in [5.41, 5.74) is 0.504. The molecule has 1 rings (SSSR count). The molecule has 0 fully saturated rings. The van der Waals surface area contributed by atoms with Crippen LogP contribution in [0.25, 0.3) is 6.08 Å². The molecule has 0 radical (unpaired) electrons. The van der Waals surface area contributed by atoms with Gasteiger partial charge in [0.25, 0.3) is 0 Å². The van der Waals surface area contributed by atoms with Crippen LogP contribution in [0.5, 0.6) is 5.75 Å². The highest BCUT2D eigenvalue weighted by molar-refractivity contribution is 7.64. The van der Waals surface area contributed by atoms with Crippen LogP contribution in [0, 0.1) is 5.82 Å². The lowest BCUT2D eigenvalue weighted by molar-refractivity contribution is -0.297. The molecule has 1 aromatic carbocycles. The molecule has 0 aliphatic heterocycles. The normalized spacial score (nSPS) is 11.8. The fraction of sp³-hybridized carbons (Fsp3) is 0.308. The molecule has 0 atom stereocenters. The number of unbranched alkanes of at least 4 members (excludes halogenated alkanes) is 1. The van der Waals surface area contributed by atoms with E-state index in [4.69, 9.17) is 38.0 Å². The Kier molecular flexibility index (Phi) is 7.52. The van der Waals surface area contributed by atoms with Crippen molar-refractivity contribution in [3.63, 3.8) is 0 Å². The van der Waals surface area contributed by atoms with Crippen molar-refractivity contribution in [1.82, 2.24) is 0 Å². The first kappa shape index (κ1) is 18.3. The molecule has 0 heterocycles. The topological polar surface area (TPSA) is 49.4 Å². The van der Waals surface area contributed by atoms with Crippen LogP contribution < -0.4 is 9.84 Å². The maximum Gasteiger partial charge on any atom is 0.341 e. The van der Waals surface area contributed by atoms with Gasteiger partial charge >= 0.3 is 6.00 Å². The number of hydrogen-bond donors (Lipinski definition) is 0. The summed E-state index contributed by atoms with van der Waals surface area (Å²) in [7, 11) is 0. The van der Waals surface area contributed by atoms with Crippen LogP contribution in [-0.4, -0.2) is 18.6 Å². The van der Waals surface area contributed by atoms with Crippen molar-refractivity contribution in [1.29, 1.82) is 0 Å². The molecule has 0 spiro atoms.